The maximum Gasteiger partial charge on any atom is 1.00 e. The molecule has 82 valence electrons. The minimum Gasteiger partial charge on any atom is -0.514 e. The minimum absolute atomic E-state index is 0. The first-order chi connectivity index (χ1) is 8.43. The second kappa shape index (κ2) is 6.86. The van der Waals surface area contributed by atoms with Gasteiger partial charge in [0, 0.05) is 0 Å². The first-order valence-corrected chi connectivity index (χ1v) is 6.57. The molecule has 0 saturated heterocycles. The molecule has 0 nitrogen and oxygen atoms in total. The molecule has 2 heteroatoms. The number of hydrogen-bond donors (Lipinski definition) is 0. The second-order valence-electron chi connectivity index (χ2n) is 3.95. The van der Waals surface area contributed by atoms with Gasteiger partial charge in [-0.2, -0.15) is 10.6 Å². The Bertz CT molecular complexity index is 545. The van der Waals surface area contributed by atoms with Crippen molar-refractivity contribution < 1.29 is 51.4 Å². The van der Waals surface area contributed by atoms with E-state index >= 15 is 0 Å². The minimum atomic E-state index is 0. The second-order valence-corrected chi connectivity index (χ2v) is 5.13. The van der Waals surface area contributed by atoms with Gasteiger partial charge in [-0.25, -0.2) is 0 Å². The number of benzene rings is 2. The van der Waals surface area contributed by atoms with Crippen LogP contribution in [-0.2, 0) is 0 Å². The van der Waals surface area contributed by atoms with Crippen LogP contribution in [0.1, 0.15) is 0 Å². The summed E-state index contributed by atoms with van der Waals surface area (Å²) in [5.41, 5.74) is 2.63. The SMILES string of the molecule is [K+].c1ccc(-c2ccc(-c3ccccc3)[p-]2)cc1. The molecule has 0 aliphatic rings. The first-order valence-electron chi connectivity index (χ1n) is 5.68. The van der Waals surface area contributed by atoms with Crippen molar-refractivity contribution in [1.29, 1.82) is 0 Å². The van der Waals surface area contributed by atoms with Crippen LogP contribution < -0.4 is 51.4 Å². The van der Waals surface area contributed by atoms with E-state index < -0.39 is 0 Å². The Morgan fingerprint density at radius 2 is 0.889 bits per heavy atom. The predicted molar refractivity (Wildman–Crippen MR) is 75.4 cm³/mol. The molecular formula is C16H12KP. The van der Waals surface area contributed by atoms with Gasteiger partial charge in [0.25, 0.3) is 0 Å². The van der Waals surface area contributed by atoms with Crippen molar-refractivity contribution in [2.24, 2.45) is 0 Å². The fourth-order valence-electron chi connectivity index (χ4n) is 1.90. The van der Waals surface area contributed by atoms with Crippen LogP contribution in [-0.4, -0.2) is 0 Å². The Hall–Kier alpha value is -0.144. The van der Waals surface area contributed by atoms with Crippen LogP contribution in [0.2, 0.25) is 0 Å². The molecule has 1 heterocycles. The predicted octanol–water partition coefficient (Wildman–Crippen LogP) is 2.32. The molecule has 0 bridgehead atoms. The van der Waals surface area contributed by atoms with E-state index in [0.29, 0.717) is 0 Å². The topological polar surface area (TPSA) is 0 Å². The van der Waals surface area contributed by atoms with Crippen LogP contribution in [0.3, 0.4) is 0 Å². The van der Waals surface area contributed by atoms with Crippen molar-refractivity contribution >= 4 is 8.19 Å². The molecule has 0 N–H and O–H groups in total. The van der Waals surface area contributed by atoms with Gasteiger partial charge < -0.3 is 8.19 Å². The van der Waals surface area contributed by atoms with Crippen LogP contribution >= 0.6 is 8.19 Å². The summed E-state index contributed by atoms with van der Waals surface area (Å²) in [6.07, 6.45) is 0. The average Bonchev–Trinajstić information content (AvgIpc) is 2.90. The smallest absolute Gasteiger partial charge is 0.514 e. The molecule has 3 rings (SSSR count). The number of rotatable bonds is 2. The quantitative estimate of drug-likeness (QED) is 0.629. The van der Waals surface area contributed by atoms with Crippen LogP contribution in [0, 0.1) is 0 Å². The van der Waals surface area contributed by atoms with Gasteiger partial charge in [-0.3, -0.25) is 0 Å². The molecule has 0 fully saturated rings. The van der Waals surface area contributed by atoms with Crippen LogP contribution in [0.5, 0.6) is 0 Å². The third kappa shape index (κ3) is 3.24. The molecule has 1 aromatic heterocycles. The standard InChI is InChI=1S/C16H12P.K/c1-3-7-13(8-4-1)15-11-12-16(17-15)14-9-5-2-6-10-14;/h1-12H;/q-1;+1. The van der Waals surface area contributed by atoms with Crippen molar-refractivity contribution in [3.63, 3.8) is 0 Å². The van der Waals surface area contributed by atoms with Gasteiger partial charge in [0.05, 0.1) is 0 Å². The molecule has 0 saturated carbocycles. The van der Waals surface area contributed by atoms with Crippen molar-refractivity contribution in [1.82, 2.24) is 0 Å². The van der Waals surface area contributed by atoms with E-state index in [-0.39, 0.29) is 51.4 Å². The zero-order valence-corrected chi connectivity index (χ0v) is 14.4. The van der Waals surface area contributed by atoms with E-state index in [1.165, 1.54) is 29.9 Å². The molecule has 0 atom stereocenters. The Balaban J connectivity index is 0.00000120. The van der Waals surface area contributed by atoms with Gasteiger partial charge in [0.1, 0.15) is 0 Å². The molecule has 3 aromatic rings. The molecule has 0 spiro atoms. The summed E-state index contributed by atoms with van der Waals surface area (Å²) in [5, 5.41) is 2.76. The molecule has 0 amide bonds. The van der Waals surface area contributed by atoms with Gasteiger partial charge in [0.15, 0.2) is 0 Å². The first kappa shape index (κ1) is 14.3. The molecule has 2 aromatic carbocycles. The largest absolute Gasteiger partial charge is 1.00 e. The molecular weight excluding hydrogens is 262 g/mol. The van der Waals surface area contributed by atoms with Gasteiger partial charge >= 0.3 is 51.4 Å². The Morgan fingerprint density at radius 1 is 0.500 bits per heavy atom. The molecule has 0 radical (unpaired) electrons. The fourth-order valence-corrected chi connectivity index (χ4v) is 3.02. The molecule has 0 aliphatic carbocycles. The average molecular weight is 274 g/mol. The summed E-state index contributed by atoms with van der Waals surface area (Å²) in [6, 6.07) is 25.6. The van der Waals surface area contributed by atoms with Gasteiger partial charge in [-0.1, -0.05) is 83.9 Å². The summed E-state index contributed by atoms with van der Waals surface area (Å²) in [6.45, 7) is 0. The maximum absolute atomic E-state index is 2.22. The number of hydrogen-bond acceptors (Lipinski definition) is 0. The summed E-state index contributed by atoms with van der Waals surface area (Å²) in [7, 11) is 1.30. The van der Waals surface area contributed by atoms with E-state index in [0.717, 1.165) is 0 Å². The zero-order valence-electron chi connectivity index (χ0n) is 10.4. The maximum atomic E-state index is 2.22. The van der Waals surface area contributed by atoms with Crippen molar-refractivity contribution in [3.05, 3.63) is 72.8 Å². The van der Waals surface area contributed by atoms with E-state index in [2.05, 4.69) is 72.8 Å². The van der Waals surface area contributed by atoms with E-state index in [1.807, 2.05) is 0 Å². The van der Waals surface area contributed by atoms with Crippen molar-refractivity contribution in [2.75, 3.05) is 0 Å². The van der Waals surface area contributed by atoms with Crippen molar-refractivity contribution in [2.45, 2.75) is 0 Å². The monoisotopic (exact) mass is 274 g/mol. The van der Waals surface area contributed by atoms with E-state index in [4.69, 9.17) is 0 Å². The third-order valence-electron chi connectivity index (χ3n) is 2.78. The Labute approximate surface area is 152 Å². The zero-order chi connectivity index (χ0) is 11.5. The molecule has 0 aliphatic heterocycles. The summed E-state index contributed by atoms with van der Waals surface area (Å²) in [5.74, 6) is 0. The van der Waals surface area contributed by atoms with E-state index in [9.17, 15) is 0 Å². The van der Waals surface area contributed by atoms with E-state index in [1.54, 1.807) is 0 Å². The fraction of sp³-hybridized carbons (Fsp3) is 0. The van der Waals surface area contributed by atoms with Gasteiger partial charge in [-0.15, -0.1) is 0 Å². The normalized spacial score (nSPS) is 9.78. The van der Waals surface area contributed by atoms with Gasteiger partial charge in [0.2, 0.25) is 0 Å². The Kier molecular flexibility index (Phi) is 5.44. The Morgan fingerprint density at radius 3 is 1.28 bits per heavy atom. The van der Waals surface area contributed by atoms with Gasteiger partial charge in [-0.05, 0) is 0 Å². The molecule has 18 heavy (non-hydrogen) atoms. The summed E-state index contributed by atoms with van der Waals surface area (Å²) in [4.78, 5) is 0. The molecule has 0 unspecified atom stereocenters. The van der Waals surface area contributed by atoms with Crippen LogP contribution in [0.15, 0.2) is 72.8 Å². The summed E-state index contributed by atoms with van der Waals surface area (Å²) < 4.78 is 0. The third-order valence-corrected chi connectivity index (χ3v) is 4.08. The van der Waals surface area contributed by atoms with Crippen LogP contribution in [0.4, 0.5) is 0 Å². The van der Waals surface area contributed by atoms with Crippen molar-refractivity contribution in [3.8, 4) is 21.7 Å². The summed E-state index contributed by atoms with van der Waals surface area (Å²) >= 11 is 0. The van der Waals surface area contributed by atoms with Crippen LogP contribution in [0.25, 0.3) is 21.7 Å².